The van der Waals surface area contributed by atoms with E-state index in [0.29, 0.717) is 16.7 Å². The van der Waals surface area contributed by atoms with E-state index in [4.69, 9.17) is 16.1 Å². The van der Waals surface area contributed by atoms with Gasteiger partial charge in [-0.15, -0.1) is 0 Å². The minimum atomic E-state index is -0.401. The summed E-state index contributed by atoms with van der Waals surface area (Å²) in [7, 11) is 0. The van der Waals surface area contributed by atoms with Gasteiger partial charge in [-0.05, 0) is 42.8 Å². The van der Waals surface area contributed by atoms with Crippen molar-refractivity contribution in [2.24, 2.45) is 0 Å². The maximum Gasteiger partial charge on any atom is 0.249 e. The molecule has 0 aliphatic rings. The van der Waals surface area contributed by atoms with Crippen LogP contribution in [-0.2, 0) is 4.79 Å². The van der Waals surface area contributed by atoms with E-state index in [0.717, 1.165) is 11.1 Å². The molecule has 2 aromatic carbocycles. The fourth-order valence-corrected chi connectivity index (χ4v) is 2.31. The molecule has 1 heterocycles. The number of nitrogens with one attached hydrogen (secondary N) is 1. The summed E-state index contributed by atoms with van der Waals surface area (Å²) >= 11 is 5.87. The van der Waals surface area contributed by atoms with Crippen LogP contribution in [0.3, 0.4) is 0 Å². The highest BCUT2D eigenvalue weighted by atomic mass is 35.5. The fourth-order valence-electron chi connectivity index (χ4n) is 2.19. The van der Waals surface area contributed by atoms with Crippen molar-refractivity contribution in [1.82, 2.24) is 15.5 Å². The Morgan fingerprint density at radius 3 is 2.60 bits per heavy atom. The van der Waals surface area contributed by atoms with Crippen molar-refractivity contribution >= 4 is 23.6 Å². The Bertz CT molecular complexity index is 873. The first-order valence-electron chi connectivity index (χ1n) is 7.75. The molecule has 0 bridgehead atoms. The third-order valence-electron chi connectivity index (χ3n) is 3.50. The van der Waals surface area contributed by atoms with Crippen LogP contribution in [0.5, 0.6) is 0 Å². The van der Waals surface area contributed by atoms with Crippen molar-refractivity contribution in [2.45, 2.75) is 13.0 Å². The van der Waals surface area contributed by atoms with Crippen LogP contribution < -0.4 is 5.32 Å². The highest BCUT2D eigenvalue weighted by Gasteiger charge is 2.16. The third kappa shape index (κ3) is 4.55. The van der Waals surface area contributed by atoms with Gasteiger partial charge in [0, 0.05) is 16.7 Å². The van der Waals surface area contributed by atoms with Gasteiger partial charge in [-0.25, -0.2) is 0 Å². The zero-order chi connectivity index (χ0) is 17.6. The number of hydrogen-bond acceptors (Lipinski definition) is 4. The fraction of sp³-hybridized carbons (Fsp3) is 0.105. The van der Waals surface area contributed by atoms with Crippen LogP contribution >= 0.6 is 11.6 Å². The number of nitrogens with zero attached hydrogens (tertiary/aromatic N) is 2. The molecule has 0 saturated heterocycles. The summed E-state index contributed by atoms with van der Waals surface area (Å²) in [5.41, 5.74) is 1.75. The number of carbonyl (C=O) groups excluding carboxylic acids is 1. The van der Waals surface area contributed by atoms with E-state index in [2.05, 4.69) is 15.5 Å². The third-order valence-corrected chi connectivity index (χ3v) is 3.75. The highest BCUT2D eigenvalue weighted by molar-refractivity contribution is 6.30. The number of benzene rings is 2. The molecule has 3 rings (SSSR count). The Morgan fingerprint density at radius 1 is 1.16 bits per heavy atom. The van der Waals surface area contributed by atoms with Crippen molar-refractivity contribution in [3.05, 3.63) is 77.2 Å². The van der Waals surface area contributed by atoms with Crippen molar-refractivity contribution in [2.75, 3.05) is 0 Å². The normalized spacial score (nSPS) is 12.2. The average molecular weight is 354 g/mol. The molecule has 126 valence electrons. The lowest BCUT2D eigenvalue weighted by Crippen LogP contribution is -2.24. The Kier molecular flexibility index (Phi) is 5.26. The number of hydrogen-bond donors (Lipinski definition) is 1. The summed E-state index contributed by atoms with van der Waals surface area (Å²) in [5.74, 6) is 0.557. The smallest absolute Gasteiger partial charge is 0.249 e. The first kappa shape index (κ1) is 16.9. The van der Waals surface area contributed by atoms with E-state index in [1.54, 1.807) is 25.1 Å². The maximum absolute atomic E-state index is 12.0. The summed E-state index contributed by atoms with van der Waals surface area (Å²) in [6.45, 7) is 1.79. The summed E-state index contributed by atoms with van der Waals surface area (Å²) in [6.07, 6.45) is 3.22. The molecule has 25 heavy (non-hydrogen) atoms. The minimum Gasteiger partial charge on any atom is -0.341 e. The standard InChI is InChI=1S/C19H16ClN3O2/c1-13(21-17(24)12-7-14-5-3-2-4-6-14)19-22-18(23-25-19)15-8-10-16(20)11-9-15/h2-13H,1H3,(H,21,24)/b12-7+/t13-/m0/s1. The molecule has 0 saturated carbocycles. The Labute approximate surface area is 150 Å². The largest absolute Gasteiger partial charge is 0.341 e. The second-order valence-corrected chi connectivity index (χ2v) is 5.87. The molecule has 0 spiro atoms. The topological polar surface area (TPSA) is 68.0 Å². The van der Waals surface area contributed by atoms with Gasteiger partial charge in [-0.1, -0.05) is 47.1 Å². The zero-order valence-electron chi connectivity index (χ0n) is 13.5. The molecule has 0 aliphatic heterocycles. The Hall–Kier alpha value is -2.92. The molecule has 0 radical (unpaired) electrons. The molecule has 0 fully saturated rings. The van der Waals surface area contributed by atoms with Crippen LogP contribution in [0.4, 0.5) is 0 Å². The quantitative estimate of drug-likeness (QED) is 0.695. The van der Waals surface area contributed by atoms with Crippen molar-refractivity contribution in [1.29, 1.82) is 0 Å². The SMILES string of the molecule is C[C@H](NC(=O)/C=C/c1ccccc1)c1nc(-c2ccc(Cl)cc2)no1. The van der Waals surface area contributed by atoms with Crippen LogP contribution in [0.15, 0.2) is 65.2 Å². The second kappa shape index (κ2) is 7.77. The van der Waals surface area contributed by atoms with Gasteiger partial charge in [-0.3, -0.25) is 4.79 Å². The molecule has 1 amide bonds. The van der Waals surface area contributed by atoms with Crippen LogP contribution in [0, 0.1) is 0 Å². The molecule has 0 unspecified atom stereocenters. The lowest BCUT2D eigenvalue weighted by molar-refractivity contribution is -0.117. The molecule has 6 heteroatoms. The molecule has 0 aliphatic carbocycles. The van der Waals surface area contributed by atoms with Crippen molar-refractivity contribution < 1.29 is 9.32 Å². The monoisotopic (exact) mass is 353 g/mol. The number of amides is 1. The zero-order valence-corrected chi connectivity index (χ0v) is 14.3. The lowest BCUT2D eigenvalue weighted by atomic mass is 10.2. The van der Waals surface area contributed by atoms with Gasteiger partial charge >= 0.3 is 0 Å². The van der Waals surface area contributed by atoms with E-state index < -0.39 is 6.04 Å². The molecule has 5 nitrogen and oxygen atoms in total. The minimum absolute atomic E-state index is 0.234. The number of aromatic nitrogens is 2. The average Bonchev–Trinajstić information content (AvgIpc) is 3.12. The molecular weight excluding hydrogens is 338 g/mol. The van der Waals surface area contributed by atoms with Gasteiger partial charge in [0.25, 0.3) is 0 Å². The molecule has 3 aromatic rings. The number of carbonyl (C=O) groups is 1. The molecule has 1 N–H and O–H groups in total. The van der Waals surface area contributed by atoms with Gasteiger partial charge in [-0.2, -0.15) is 4.98 Å². The van der Waals surface area contributed by atoms with Gasteiger partial charge in [0.1, 0.15) is 6.04 Å². The summed E-state index contributed by atoms with van der Waals surface area (Å²) in [5, 5.41) is 7.37. The van der Waals surface area contributed by atoms with E-state index >= 15 is 0 Å². The van der Waals surface area contributed by atoms with Crippen molar-refractivity contribution in [3.8, 4) is 11.4 Å². The van der Waals surface area contributed by atoms with Crippen LogP contribution in [0.25, 0.3) is 17.5 Å². The molecule has 1 aromatic heterocycles. The van der Waals surface area contributed by atoms with E-state index in [9.17, 15) is 4.79 Å². The van der Waals surface area contributed by atoms with Crippen molar-refractivity contribution in [3.63, 3.8) is 0 Å². The predicted molar refractivity (Wildman–Crippen MR) is 96.8 cm³/mol. The Balaban J connectivity index is 1.63. The Morgan fingerprint density at radius 2 is 1.88 bits per heavy atom. The van der Waals surface area contributed by atoms with E-state index in [-0.39, 0.29) is 5.91 Å². The van der Waals surface area contributed by atoms with E-state index in [1.165, 1.54) is 6.08 Å². The maximum atomic E-state index is 12.0. The van der Waals surface area contributed by atoms with Gasteiger partial charge < -0.3 is 9.84 Å². The van der Waals surface area contributed by atoms with Crippen LogP contribution in [0.2, 0.25) is 5.02 Å². The predicted octanol–water partition coefficient (Wildman–Crippen LogP) is 4.28. The van der Waals surface area contributed by atoms with Crippen LogP contribution in [0.1, 0.15) is 24.4 Å². The van der Waals surface area contributed by atoms with Gasteiger partial charge in [0.05, 0.1) is 0 Å². The van der Waals surface area contributed by atoms with Gasteiger partial charge in [0.15, 0.2) is 0 Å². The second-order valence-electron chi connectivity index (χ2n) is 5.44. The first-order valence-corrected chi connectivity index (χ1v) is 8.13. The molecular formula is C19H16ClN3O2. The van der Waals surface area contributed by atoms with E-state index in [1.807, 2.05) is 42.5 Å². The van der Waals surface area contributed by atoms with Crippen LogP contribution in [-0.4, -0.2) is 16.0 Å². The first-order chi connectivity index (χ1) is 12.1. The summed E-state index contributed by atoms with van der Waals surface area (Å²) < 4.78 is 5.24. The number of rotatable bonds is 5. The highest BCUT2D eigenvalue weighted by Crippen LogP contribution is 2.20. The van der Waals surface area contributed by atoms with Gasteiger partial charge in [0.2, 0.25) is 17.6 Å². The summed E-state index contributed by atoms with van der Waals surface area (Å²) in [6, 6.07) is 16.3. The summed E-state index contributed by atoms with van der Waals surface area (Å²) in [4.78, 5) is 16.3. The molecule has 1 atom stereocenters. The lowest BCUT2D eigenvalue weighted by Gasteiger charge is -2.06. The number of halogens is 1.